The Labute approximate surface area is 205 Å². The zero-order valence-corrected chi connectivity index (χ0v) is 19.6. The summed E-state index contributed by atoms with van der Waals surface area (Å²) in [6.45, 7) is 1.76. The van der Waals surface area contributed by atoms with Crippen LogP contribution in [0.1, 0.15) is 23.7 Å². The number of para-hydroxylation sites is 1. The minimum Gasteiger partial charge on any atom is -0.449 e. The van der Waals surface area contributed by atoms with Gasteiger partial charge < -0.3 is 10.1 Å². The summed E-state index contributed by atoms with van der Waals surface area (Å²) in [6, 6.07) is 24.5. The molecular weight excluding hydrogens is 463 g/mol. The summed E-state index contributed by atoms with van der Waals surface area (Å²) < 4.78 is 19.9. The van der Waals surface area contributed by atoms with Gasteiger partial charge in [-0.1, -0.05) is 49.4 Å². The fourth-order valence-corrected chi connectivity index (χ4v) is 4.94. The predicted molar refractivity (Wildman–Crippen MR) is 137 cm³/mol. The number of carbonyl (C=O) groups is 2. The van der Waals surface area contributed by atoms with E-state index in [1.54, 1.807) is 30.4 Å². The second kappa shape index (κ2) is 9.64. The van der Waals surface area contributed by atoms with E-state index < -0.39 is 23.8 Å². The SMILES string of the molecule is CCC(OC(=O)c1cccc2cccc(-c3nc4ccccc4s3)c12)C(=O)Nc1ccc(F)cc1. The predicted octanol–water partition coefficient (Wildman–Crippen LogP) is 6.83. The van der Waals surface area contributed by atoms with Crippen LogP contribution in [0.3, 0.4) is 0 Å². The lowest BCUT2D eigenvalue weighted by Crippen LogP contribution is -2.32. The number of anilines is 1. The molecule has 1 unspecified atom stereocenters. The van der Waals surface area contributed by atoms with E-state index in [-0.39, 0.29) is 6.42 Å². The highest BCUT2D eigenvalue weighted by Crippen LogP contribution is 2.36. The van der Waals surface area contributed by atoms with Gasteiger partial charge in [-0.3, -0.25) is 4.79 Å². The topological polar surface area (TPSA) is 68.3 Å². The van der Waals surface area contributed by atoms with Gasteiger partial charge in [-0.15, -0.1) is 11.3 Å². The van der Waals surface area contributed by atoms with Crippen molar-refractivity contribution in [3.05, 3.63) is 96.3 Å². The van der Waals surface area contributed by atoms with E-state index >= 15 is 0 Å². The van der Waals surface area contributed by atoms with E-state index in [0.717, 1.165) is 31.6 Å². The number of hydrogen-bond acceptors (Lipinski definition) is 5. The highest BCUT2D eigenvalue weighted by Gasteiger charge is 2.24. The third-order valence-electron chi connectivity index (χ3n) is 5.67. The van der Waals surface area contributed by atoms with Gasteiger partial charge in [0.15, 0.2) is 6.10 Å². The Bertz CT molecular complexity index is 1510. The number of ether oxygens (including phenoxy) is 1. The molecule has 4 aromatic carbocycles. The van der Waals surface area contributed by atoms with Crippen molar-refractivity contribution in [1.29, 1.82) is 0 Å². The van der Waals surface area contributed by atoms with Crippen LogP contribution in [0, 0.1) is 5.82 Å². The third kappa shape index (κ3) is 4.63. The van der Waals surface area contributed by atoms with Crippen LogP contribution in [0.15, 0.2) is 84.9 Å². The molecule has 0 saturated carbocycles. The first-order valence-corrected chi connectivity index (χ1v) is 12.0. The number of rotatable bonds is 6. The quantitative estimate of drug-likeness (QED) is 0.268. The molecule has 0 bridgehead atoms. The first kappa shape index (κ1) is 22.7. The lowest BCUT2D eigenvalue weighted by Gasteiger charge is -2.17. The molecule has 5 nitrogen and oxygen atoms in total. The molecule has 174 valence electrons. The van der Waals surface area contributed by atoms with Crippen molar-refractivity contribution < 1.29 is 18.7 Å². The number of benzene rings is 4. The van der Waals surface area contributed by atoms with Gasteiger partial charge in [0.25, 0.3) is 5.91 Å². The van der Waals surface area contributed by atoms with Gasteiger partial charge in [0, 0.05) is 16.6 Å². The summed E-state index contributed by atoms with van der Waals surface area (Å²) in [7, 11) is 0. The number of nitrogens with zero attached hydrogens (tertiary/aromatic N) is 1. The summed E-state index contributed by atoms with van der Waals surface area (Å²) >= 11 is 1.56. The molecule has 1 aromatic heterocycles. The normalized spacial score (nSPS) is 11.9. The van der Waals surface area contributed by atoms with Gasteiger partial charge in [-0.05, 0) is 54.3 Å². The van der Waals surface area contributed by atoms with E-state index in [2.05, 4.69) is 5.32 Å². The van der Waals surface area contributed by atoms with Crippen molar-refractivity contribution in [2.45, 2.75) is 19.4 Å². The largest absolute Gasteiger partial charge is 0.449 e. The molecule has 0 radical (unpaired) electrons. The number of hydrogen-bond donors (Lipinski definition) is 1. The monoisotopic (exact) mass is 484 g/mol. The van der Waals surface area contributed by atoms with Crippen LogP contribution in [0.2, 0.25) is 0 Å². The molecule has 7 heteroatoms. The summed E-state index contributed by atoms with van der Waals surface area (Å²) in [5.41, 5.74) is 2.52. The lowest BCUT2D eigenvalue weighted by atomic mass is 9.99. The molecule has 0 fully saturated rings. The Balaban J connectivity index is 1.47. The molecule has 35 heavy (non-hydrogen) atoms. The molecule has 0 spiro atoms. The maximum atomic E-state index is 13.3. The van der Waals surface area contributed by atoms with Gasteiger partial charge in [0.2, 0.25) is 0 Å². The summed E-state index contributed by atoms with van der Waals surface area (Å²) in [5.74, 6) is -1.47. The van der Waals surface area contributed by atoms with Crippen LogP contribution < -0.4 is 5.32 Å². The maximum absolute atomic E-state index is 13.3. The van der Waals surface area contributed by atoms with Crippen LogP contribution in [0.25, 0.3) is 31.6 Å². The highest BCUT2D eigenvalue weighted by atomic mass is 32.1. The first-order valence-electron chi connectivity index (χ1n) is 11.2. The van der Waals surface area contributed by atoms with Crippen LogP contribution in [-0.2, 0) is 9.53 Å². The second-order valence-electron chi connectivity index (χ2n) is 7.99. The molecule has 5 aromatic rings. The molecule has 1 heterocycles. The van der Waals surface area contributed by atoms with Crippen LogP contribution in [-0.4, -0.2) is 23.0 Å². The highest BCUT2D eigenvalue weighted by molar-refractivity contribution is 7.21. The van der Waals surface area contributed by atoms with Crippen molar-refractivity contribution in [1.82, 2.24) is 4.98 Å². The van der Waals surface area contributed by atoms with E-state index in [1.807, 2.05) is 48.5 Å². The Kier molecular flexibility index (Phi) is 6.25. The van der Waals surface area contributed by atoms with Crippen molar-refractivity contribution in [2.75, 3.05) is 5.32 Å². The number of amides is 1. The van der Waals surface area contributed by atoms with E-state index in [1.165, 1.54) is 24.3 Å². The van der Waals surface area contributed by atoms with Crippen LogP contribution in [0.5, 0.6) is 0 Å². The average molecular weight is 485 g/mol. The minimum atomic E-state index is -1.00. The van der Waals surface area contributed by atoms with Gasteiger partial charge >= 0.3 is 5.97 Å². The fraction of sp³-hybridized carbons (Fsp3) is 0.107. The lowest BCUT2D eigenvalue weighted by molar-refractivity contribution is -0.124. The van der Waals surface area contributed by atoms with Crippen molar-refractivity contribution in [3.63, 3.8) is 0 Å². The van der Waals surface area contributed by atoms with Crippen LogP contribution >= 0.6 is 11.3 Å². The molecule has 0 saturated heterocycles. The Morgan fingerprint density at radius 1 is 0.971 bits per heavy atom. The van der Waals surface area contributed by atoms with Crippen LogP contribution in [0.4, 0.5) is 10.1 Å². The van der Waals surface area contributed by atoms with E-state index in [0.29, 0.717) is 11.3 Å². The number of fused-ring (bicyclic) bond motifs is 2. The molecular formula is C28H21FN2O3S. The number of thiazole rings is 1. The first-order chi connectivity index (χ1) is 17.0. The molecule has 5 rings (SSSR count). The van der Waals surface area contributed by atoms with Gasteiger partial charge in [-0.25, -0.2) is 14.2 Å². The number of nitrogens with one attached hydrogen (secondary N) is 1. The van der Waals surface area contributed by atoms with Gasteiger partial charge in [0.05, 0.1) is 15.8 Å². The summed E-state index contributed by atoms with van der Waals surface area (Å²) in [5, 5.41) is 5.08. The zero-order valence-electron chi connectivity index (χ0n) is 18.8. The second-order valence-corrected chi connectivity index (χ2v) is 9.02. The molecule has 0 aliphatic heterocycles. The van der Waals surface area contributed by atoms with E-state index in [4.69, 9.17) is 9.72 Å². The Morgan fingerprint density at radius 2 is 1.71 bits per heavy atom. The van der Waals surface area contributed by atoms with Crippen molar-refractivity contribution >= 4 is 49.9 Å². The molecule has 0 aliphatic rings. The van der Waals surface area contributed by atoms with Gasteiger partial charge in [-0.2, -0.15) is 0 Å². The molecule has 0 aliphatic carbocycles. The van der Waals surface area contributed by atoms with E-state index in [9.17, 15) is 14.0 Å². The standard InChI is InChI=1S/C28H21FN2O3S/c1-2-23(26(32)30-19-15-13-18(29)14-16-19)34-28(33)21-10-6-8-17-7-5-9-20(25(17)21)27-31-22-11-3-4-12-24(22)35-27/h3-16,23H,2H2,1H3,(H,30,32). The van der Waals surface area contributed by atoms with Crippen molar-refractivity contribution in [3.8, 4) is 10.6 Å². The molecule has 1 amide bonds. The number of halogens is 1. The molecule has 1 atom stereocenters. The Hall–Kier alpha value is -4.10. The fourth-order valence-electron chi connectivity index (χ4n) is 3.95. The Morgan fingerprint density at radius 3 is 2.46 bits per heavy atom. The van der Waals surface area contributed by atoms with Gasteiger partial charge in [0.1, 0.15) is 10.8 Å². The maximum Gasteiger partial charge on any atom is 0.339 e. The summed E-state index contributed by atoms with van der Waals surface area (Å²) in [4.78, 5) is 30.8. The number of carbonyl (C=O) groups excluding carboxylic acids is 2. The minimum absolute atomic E-state index is 0.286. The smallest absolute Gasteiger partial charge is 0.339 e. The van der Waals surface area contributed by atoms with Crippen molar-refractivity contribution in [2.24, 2.45) is 0 Å². The third-order valence-corrected chi connectivity index (χ3v) is 6.74. The summed E-state index contributed by atoms with van der Waals surface area (Å²) in [6.07, 6.45) is -0.716. The number of aromatic nitrogens is 1. The zero-order chi connectivity index (χ0) is 24.4. The number of esters is 1. The molecule has 1 N–H and O–H groups in total. The average Bonchev–Trinajstić information content (AvgIpc) is 3.32.